The molecule has 8 unspecified atom stereocenters. The van der Waals surface area contributed by atoms with E-state index >= 15 is 0 Å². The number of nitrogens with one attached hydrogen (secondary N) is 6. The number of nitrogens with zero attached hydrogens (tertiary/aromatic N) is 6. The normalized spacial score (nSPS) is 18.7. The molecule has 14 N–H and O–H groups in total. The third-order valence-corrected chi connectivity index (χ3v) is 13.9. The van der Waals surface area contributed by atoms with Crippen molar-refractivity contribution in [3.05, 3.63) is 104 Å². The van der Waals surface area contributed by atoms with Gasteiger partial charge in [0.25, 0.3) is 22.9 Å². The average molecular weight is 1230 g/mol. The fourth-order valence-corrected chi connectivity index (χ4v) is 8.97. The van der Waals surface area contributed by atoms with E-state index in [4.69, 9.17) is 30.4 Å². The quantitative estimate of drug-likeness (QED) is 0.0434. The Morgan fingerprint density at radius 2 is 1.07 bits per heavy atom. The van der Waals surface area contributed by atoms with Crippen molar-refractivity contribution in [1.29, 1.82) is 0 Å². The number of H-pyrrole nitrogens is 2. The summed E-state index contributed by atoms with van der Waals surface area (Å²) in [5.41, 5.74) is 12.6. The number of nitrogens with two attached hydrogens (primary N) is 2. The zero-order valence-electron chi connectivity index (χ0n) is 48.0. The van der Waals surface area contributed by atoms with Crippen LogP contribution >= 0.6 is 0 Å². The molecule has 476 valence electrons. The molecule has 8 atom stereocenters. The van der Waals surface area contributed by atoms with Crippen LogP contribution in [0.2, 0.25) is 0 Å². The lowest BCUT2D eigenvalue weighted by Crippen LogP contribution is -2.41. The third-order valence-electron chi connectivity index (χ3n) is 13.9. The fourth-order valence-electron chi connectivity index (χ4n) is 8.97. The van der Waals surface area contributed by atoms with Crippen LogP contribution in [-0.4, -0.2) is 158 Å². The maximum absolute atomic E-state index is 12.7. The molecule has 6 heterocycles. The number of carboxylic acid groups (broad SMARTS) is 2. The van der Waals surface area contributed by atoms with Crippen molar-refractivity contribution in [2.24, 2.45) is 10.8 Å². The molecule has 0 spiro atoms. The molecular weight excluding hydrogens is 1150 g/mol. The van der Waals surface area contributed by atoms with Crippen molar-refractivity contribution < 1.29 is 68.1 Å². The molecule has 0 radical (unpaired) electrons. The van der Waals surface area contributed by atoms with Gasteiger partial charge in [0.05, 0.1) is 61.8 Å². The molecule has 6 aromatic rings. The van der Waals surface area contributed by atoms with Gasteiger partial charge in [-0.3, -0.25) is 38.7 Å². The average Bonchev–Trinajstić information content (AvgIpc) is 1.59. The number of carboxylic acids is 2. The summed E-state index contributed by atoms with van der Waals surface area (Å²) in [6, 6.07) is 9.87. The van der Waals surface area contributed by atoms with Gasteiger partial charge in [0.1, 0.15) is 37.0 Å². The first-order valence-corrected chi connectivity index (χ1v) is 27.4. The monoisotopic (exact) mass is 1230 g/mol. The van der Waals surface area contributed by atoms with Crippen LogP contribution in [0.15, 0.2) is 70.5 Å². The number of amides is 2. The van der Waals surface area contributed by atoms with Crippen LogP contribution in [0.5, 0.6) is 0 Å². The Hall–Kier alpha value is -9.26. The highest BCUT2D eigenvalue weighted by Gasteiger charge is 2.43. The number of aromatic amines is 2. The summed E-state index contributed by atoms with van der Waals surface area (Å²) >= 11 is 0. The smallest absolute Gasteiger partial charge is 0.326 e. The fraction of sp³-hybridized carbons (Fsp3) is 0.483. The highest BCUT2D eigenvalue weighted by Crippen LogP contribution is 2.36. The van der Waals surface area contributed by atoms with Gasteiger partial charge in [0, 0.05) is 48.2 Å². The van der Waals surface area contributed by atoms with E-state index < -0.39 is 83.3 Å². The van der Waals surface area contributed by atoms with E-state index in [9.17, 15) is 58.8 Å². The third kappa shape index (κ3) is 19.1. The number of aliphatic hydroxyl groups is 2. The summed E-state index contributed by atoms with van der Waals surface area (Å²) in [7, 11) is 0. The van der Waals surface area contributed by atoms with Gasteiger partial charge in [-0.1, -0.05) is 56.4 Å². The number of ether oxygens (including phenoxy) is 4. The molecule has 30 heteroatoms. The van der Waals surface area contributed by atoms with Crippen LogP contribution < -0.4 is 43.9 Å². The molecule has 2 amide bonds. The molecule has 2 aromatic carbocycles. The standard InChI is InChI=1S/2C28H35N7O8.2CH4/c1-28(2,3)20-10-18(36)19(43-20)13-42-21(37)9-8-17(26(40)41)33-24(38)14-4-6-15(7-5-14)30-11-16-12-31-23-22(32-16)25(39)35-27(29)34-23;1-28(2,3)20-10-18(19(13-36)42-20)43-21(37)9-8-17(26(40)41)33-24(38)14-4-6-15(7-5-14)30-11-16-12-31-23-22(32-16)25(39)35-27(29)34-23;;/h2*4-7,12,17-20,30,36H,8-11,13H2,1-3H3,(H,33,38)(H,40,41)(H3,29,31,34,35,39);2*1H4. The van der Waals surface area contributed by atoms with E-state index in [-0.39, 0.29) is 135 Å². The second-order valence-electron chi connectivity index (χ2n) is 22.6. The molecule has 0 saturated carbocycles. The van der Waals surface area contributed by atoms with Crippen LogP contribution in [-0.2, 0) is 51.2 Å². The summed E-state index contributed by atoms with van der Waals surface area (Å²) in [4.78, 5) is 127. The zero-order chi connectivity index (χ0) is 62.6. The number of fused-ring (bicyclic) bond motifs is 2. The number of esters is 2. The van der Waals surface area contributed by atoms with Crippen molar-refractivity contribution in [3.63, 3.8) is 0 Å². The van der Waals surface area contributed by atoms with Crippen molar-refractivity contribution in [1.82, 2.24) is 50.5 Å². The van der Waals surface area contributed by atoms with Gasteiger partial charge in [-0.2, -0.15) is 9.97 Å². The Morgan fingerprint density at radius 1 is 0.648 bits per heavy atom. The predicted molar refractivity (Wildman–Crippen MR) is 321 cm³/mol. The van der Waals surface area contributed by atoms with Crippen molar-refractivity contribution in [2.75, 3.05) is 35.3 Å². The maximum atomic E-state index is 12.7. The van der Waals surface area contributed by atoms with E-state index in [2.05, 4.69) is 61.1 Å². The predicted octanol–water partition coefficient (Wildman–Crippen LogP) is 3.23. The topological polar surface area (TPSA) is 463 Å². The summed E-state index contributed by atoms with van der Waals surface area (Å²) in [6.07, 6.45) is -0.172. The second-order valence-corrected chi connectivity index (χ2v) is 22.6. The number of hydrogen-bond donors (Lipinski definition) is 12. The number of aromatic nitrogens is 8. The van der Waals surface area contributed by atoms with Crippen LogP contribution in [0.3, 0.4) is 0 Å². The van der Waals surface area contributed by atoms with Gasteiger partial charge in [-0.25, -0.2) is 29.5 Å². The van der Waals surface area contributed by atoms with E-state index in [0.29, 0.717) is 35.6 Å². The number of anilines is 4. The minimum absolute atomic E-state index is 0. The first-order valence-electron chi connectivity index (χ1n) is 27.4. The summed E-state index contributed by atoms with van der Waals surface area (Å²) in [5, 5.41) is 50.1. The van der Waals surface area contributed by atoms with Gasteiger partial charge in [0.2, 0.25) is 11.9 Å². The lowest BCUT2D eigenvalue weighted by molar-refractivity contribution is -0.154. The maximum Gasteiger partial charge on any atom is 0.326 e. The lowest BCUT2D eigenvalue weighted by Gasteiger charge is -2.26. The SMILES string of the molecule is C.C.CC(C)(C)C1CC(O)C(COC(=O)CCC(NC(=O)c2ccc(NCc3cnc4nc(N)[nH]c(=O)c4n3)cc2)C(=O)O)O1.CC(C)(C)C1CC(OC(=O)CCC(NC(=O)c2ccc(NCc3cnc4nc(N)[nH]c(=O)c4n3)cc2)C(=O)O)C(CO)O1. The van der Waals surface area contributed by atoms with Gasteiger partial charge in [-0.15, -0.1) is 0 Å². The Labute approximate surface area is 505 Å². The molecule has 2 fully saturated rings. The lowest BCUT2D eigenvalue weighted by atomic mass is 9.87. The number of benzene rings is 2. The Bertz CT molecular complexity index is 3540. The second kappa shape index (κ2) is 30.4. The van der Waals surface area contributed by atoms with Crippen LogP contribution in [0.4, 0.5) is 23.3 Å². The molecular formula is C58H78N14O16. The van der Waals surface area contributed by atoms with Crippen LogP contribution in [0.25, 0.3) is 22.3 Å². The first kappa shape index (κ1) is 69.5. The number of carbonyl (C=O) groups is 6. The summed E-state index contributed by atoms with van der Waals surface area (Å²) in [6.45, 7) is 11.9. The molecule has 2 saturated heterocycles. The van der Waals surface area contributed by atoms with Crippen LogP contribution in [0, 0.1) is 10.8 Å². The molecule has 88 heavy (non-hydrogen) atoms. The Morgan fingerprint density at radius 3 is 1.48 bits per heavy atom. The molecule has 8 rings (SSSR count). The van der Waals surface area contributed by atoms with E-state index in [1.165, 1.54) is 36.7 Å². The molecule has 4 aromatic heterocycles. The van der Waals surface area contributed by atoms with Gasteiger partial charge < -0.3 is 72.1 Å². The minimum Gasteiger partial charge on any atom is -0.480 e. The summed E-state index contributed by atoms with van der Waals surface area (Å²) < 4.78 is 22.3. The van der Waals surface area contributed by atoms with Crippen molar-refractivity contribution in [2.45, 2.75) is 157 Å². The number of hydrogen-bond acceptors (Lipinski definition) is 24. The van der Waals surface area contributed by atoms with E-state index in [1.807, 2.05) is 41.5 Å². The highest BCUT2D eigenvalue weighted by molar-refractivity contribution is 5.97. The number of nitrogen functional groups attached to an aromatic ring is 2. The van der Waals surface area contributed by atoms with Gasteiger partial charge in [0.15, 0.2) is 22.3 Å². The van der Waals surface area contributed by atoms with Gasteiger partial charge in [-0.05, 0) is 72.2 Å². The van der Waals surface area contributed by atoms with Crippen LogP contribution in [0.1, 0.15) is 127 Å². The minimum atomic E-state index is -1.33. The van der Waals surface area contributed by atoms with E-state index in [0.717, 1.165) is 0 Å². The summed E-state index contributed by atoms with van der Waals surface area (Å²) in [5.74, 6) is -5.26. The number of rotatable bonds is 22. The van der Waals surface area contributed by atoms with Gasteiger partial charge >= 0.3 is 23.9 Å². The molecule has 0 bridgehead atoms. The number of aliphatic carboxylic acids is 2. The zero-order valence-corrected chi connectivity index (χ0v) is 48.0. The molecule has 30 nitrogen and oxygen atoms in total. The Balaban J connectivity index is 0.000000313. The largest absolute Gasteiger partial charge is 0.480 e. The Kier molecular flexibility index (Phi) is 24.0. The number of carbonyl (C=O) groups excluding carboxylic acids is 4. The highest BCUT2D eigenvalue weighted by atomic mass is 16.6. The van der Waals surface area contributed by atoms with E-state index in [1.54, 1.807) is 24.3 Å². The molecule has 0 aliphatic carbocycles. The first-order chi connectivity index (χ1) is 40.6. The molecule has 2 aliphatic rings. The van der Waals surface area contributed by atoms with Crippen molar-refractivity contribution >= 4 is 81.3 Å². The van der Waals surface area contributed by atoms with Crippen molar-refractivity contribution in [3.8, 4) is 0 Å². The number of aliphatic hydroxyl groups excluding tert-OH is 2. The molecule has 2 aliphatic heterocycles.